The molecule has 0 atom stereocenters. The summed E-state index contributed by atoms with van der Waals surface area (Å²) < 4.78 is 6.47. The predicted molar refractivity (Wildman–Crippen MR) is 72.2 cm³/mol. The first-order chi connectivity index (χ1) is 9.93. The highest BCUT2D eigenvalue weighted by Crippen LogP contribution is 2.28. The van der Waals surface area contributed by atoms with Crippen LogP contribution in [0.4, 0.5) is 11.5 Å². The van der Waals surface area contributed by atoms with Crippen LogP contribution in [-0.2, 0) is 20.0 Å². The number of aromatic nitrogens is 2. The molecule has 0 aliphatic rings. The van der Waals surface area contributed by atoms with Gasteiger partial charge in [-0.25, -0.2) is 9.48 Å². The highest BCUT2D eigenvalue weighted by atomic mass is 16.6. The first-order valence-electron chi connectivity index (χ1n) is 6.20. The standard InChI is InChI=1S/C12H14N4O5/c1-3-8-10(16(19)20)11(15(2)14-8)13-6-7-4-5-9(21-7)12(17)18/h4-5,13H,3,6H2,1-2H3,(H,17,18). The van der Waals surface area contributed by atoms with Crippen molar-refractivity contribution in [3.63, 3.8) is 0 Å². The van der Waals surface area contributed by atoms with E-state index in [-0.39, 0.29) is 23.8 Å². The molecule has 0 fully saturated rings. The summed E-state index contributed by atoms with van der Waals surface area (Å²) in [4.78, 5) is 21.4. The number of hydrogen-bond donors (Lipinski definition) is 2. The van der Waals surface area contributed by atoms with Crippen LogP contribution in [0.15, 0.2) is 16.5 Å². The largest absolute Gasteiger partial charge is 0.475 e. The average molecular weight is 294 g/mol. The van der Waals surface area contributed by atoms with Crippen molar-refractivity contribution in [3.8, 4) is 0 Å². The topological polar surface area (TPSA) is 123 Å². The van der Waals surface area contributed by atoms with Crippen molar-refractivity contribution in [3.05, 3.63) is 39.5 Å². The fraction of sp³-hybridized carbons (Fsp3) is 0.333. The van der Waals surface area contributed by atoms with E-state index in [1.807, 2.05) is 0 Å². The Morgan fingerprint density at radius 1 is 1.57 bits per heavy atom. The molecule has 0 saturated heterocycles. The molecule has 0 saturated carbocycles. The van der Waals surface area contributed by atoms with Crippen LogP contribution in [0.25, 0.3) is 0 Å². The third-order valence-corrected chi connectivity index (χ3v) is 2.91. The summed E-state index contributed by atoms with van der Waals surface area (Å²) in [5.41, 5.74) is 0.306. The van der Waals surface area contributed by atoms with E-state index in [9.17, 15) is 14.9 Å². The van der Waals surface area contributed by atoms with E-state index in [0.717, 1.165) is 0 Å². The van der Waals surface area contributed by atoms with E-state index in [2.05, 4.69) is 10.4 Å². The summed E-state index contributed by atoms with van der Waals surface area (Å²) >= 11 is 0. The number of rotatable bonds is 6. The fourth-order valence-corrected chi connectivity index (χ4v) is 1.96. The molecule has 2 rings (SSSR count). The molecular formula is C12H14N4O5. The Bertz CT molecular complexity index is 688. The molecule has 0 spiro atoms. The lowest BCUT2D eigenvalue weighted by atomic mass is 10.3. The van der Waals surface area contributed by atoms with Crippen LogP contribution in [0.3, 0.4) is 0 Å². The Kier molecular flexibility index (Phi) is 3.92. The van der Waals surface area contributed by atoms with Gasteiger partial charge in [-0.2, -0.15) is 5.10 Å². The highest BCUT2D eigenvalue weighted by Gasteiger charge is 2.25. The van der Waals surface area contributed by atoms with Crippen molar-refractivity contribution in [2.75, 3.05) is 5.32 Å². The van der Waals surface area contributed by atoms with Crippen LogP contribution in [0.5, 0.6) is 0 Å². The molecule has 2 aromatic rings. The number of nitrogens with zero attached hydrogens (tertiary/aromatic N) is 3. The zero-order valence-electron chi connectivity index (χ0n) is 11.5. The summed E-state index contributed by atoms with van der Waals surface area (Å²) in [6.07, 6.45) is 0.440. The Balaban J connectivity index is 2.21. The zero-order chi connectivity index (χ0) is 15.6. The van der Waals surface area contributed by atoms with E-state index >= 15 is 0 Å². The molecule has 0 bridgehead atoms. The minimum absolute atomic E-state index is 0.0787. The predicted octanol–water partition coefficient (Wildman–Crippen LogP) is 1.79. The molecule has 2 aromatic heterocycles. The van der Waals surface area contributed by atoms with Gasteiger partial charge in [0.15, 0.2) is 0 Å². The number of nitrogens with one attached hydrogen (secondary N) is 1. The van der Waals surface area contributed by atoms with Gasteiger partial charge in [-0.05, 0) is 18.6 Å². The van der Waals surface area contributed by atoms with Gasteiger partial charge in [0.2, 0.25) is 11.6 Å². The van der Waals surface area contributed by atoms with Gasteiger partial charge < -0.3 is 14.8 Å². The quantitative estimate of drug-likeness (QED) is 0.614. The molecule has 0 aromatic carbocycles. The Morgan fingerprint density at radius 2 is 2.29 bits per heavy atom. The molecule has 2 N–H and O–H groups in total. The van der Waals surface area contributed by atoms with Gasteiger partial charge >= 0.3 is 11.7 Å². The van der Waals surface area contributed by atoms with Crippen molar-refractivity contribution in [1.82, 2.24) is 9.78 Å². The molecule has 0 unspecified atom stereocenters. The second-order valence-electron chi connectivity index (χ2n) is 4.30. The molecule has 112 valence electrons. The number of carboxylic acids is 1. The van der Waals surface area contributed by atoms with Gasteiger partial charge in [-0.3, -0.25) is 10.1 Å². The molecule has 0 aliphatic carbocycles. The molecule has 0 aliphatic heterocycles. The lowest BCUT2D eigenvalue weighted by molar-refractivity contribution is -0.384. The van der Waals surface area contributed by atoms with Crippen molar-refractivity contribution in [1.29, 1.82) is 0 Å². The minimum atomic E-state index is -1.17. The number of aromatic carboxylic acids is 1. The van der Waals surface area contributed by atoms with Crippen molar-refractivity contribution >= 4 is 17.5 Å². The number of carboxylic acid groups (broad SMARTS) is 1. The number of aryl methyl sites for hydroxylation is 2. The molecule has 0 radical (unpaired) electrons. The van der Waals surface area contributed by atoms with Crippen molar-refractivity contribution < 1.29 is 19.2 Å². The first kappa shape index (κ1) is 14.6. The molecule has 0 amide bonds. The van der Waals surface area contributed by atoms with E-state index in [4.69, 9.17) is 9.52 Å². The maximum atomic E-state index is 11.1. The van der Waals surface area contributed by atoms with Crippen LogP contribution < -0.4 is 5.32 Å². The fourth-order valence-electron chi connectivity index (χ4n) is 1.96. The van der Waals surface area contributed by atoms with Crippen LogP contribution >= 0.6 is 0 Å². The van der Waals surface area contributed by atoms with E-state index < -0.39 is 10.9 Å². The highest BCUT2D eigenvalue weighted by molar-refractivity contribution is 5.84. The molecule has 21 heavy (non-hydrogen) atoms. The maximum absolute atomic E-state index is 11.1. The van der Waals surface area contributed by atoms with Crippen molar-refractivity contribution in [2.24, 2.45) is 7.05 Å². The number of hydrogen-bond acceptors (Lipinski definition) is 6. The van der Waals surface area contributed by atoms with Gasteiger partial charge in [0.1, 0.15) is 11.5 Å². The maximum Gasteiger partial charge on any atom is 0.371 e. The number of nitro groups is 1. The van der Waals surface area contributed by atoms with E-state index in [0.29, 0.717) is 17.9 Å². The summed E-state index contributed by atoms with van der Waals surface area (Å²) in [6.45, 7) is 1.90. The Morgan fingerprint density at radius 3 is 2.81 bits per heavy atom. The lowest BCUT2D eigenvalue weighted by Crippen LogP contribution is -2.06. The Hall–Kier alpha value is -2.84. The number of furan rings is 1. The van der Waals surface area contributed by atoms with Gasteiger partial charge in [-0.15, -0.1) is 0 Å². The first-order valence-corrected chi connectivity index (χ1v) is 6.20. The SMILES string of the molecule is CCc1nn(C)c(NCc2ccc(C(=O)O)o2)c1[N+](=O)[O-]. The van der Waals surface area contributed by atoms with Gasteiger partial charge in [0.05, 0.1) is 11.5 Å². The lowest BCUT2D eigenvalue weighted by Gasteiger charge is -2.03. The summed E-state index contributed by atoms with van der Waals surface area (Å²) in [5.74, 6) is -0.729. The second-order valence-corrected chi connectivity index (χ2v) is 4.30. The smallest absolute Gasteiger partial charge is 0.371 e. The zero-order valence-corrected chi connectivity index (χ0v) is 11.5. The van der Waals surface area contributed by atoms with Crippen LogP contribution in [0.2, 0.25) is 0 Å². The van der Waals surface area contributed by atoms with Gasteiger partial charge in [0, 0.05) is 7.05 Å². The second kappa shape index (κ2) is 5.65. The third kappa shape index (κ3) is 2.86. The van der Waals surface area contributed by atoms with Crippen molar-refractivity contribution in [2.45, 2.75) is 19.9 Å². The van der Waals surface area contributed by atoms with E-state index in [1.165, 1.54) is 16.8 Å². The molecule has 9 heteroatoms. The molecule has 9 nitrogen and oxygen atoms in total. The molecule has 2 heterocycles. The normalized spacial score (nSPS) is 10.6. The van der Waals surface area contributed by atoms with Crippen LogP contribution in [0.1, 0.15) is 28.9 Å². The summed E-state index contributed by atoms with van der Waals surface area (Å²) in [6, 6.07) is 2.83. The number of carbonyl (C=O) groups is 1. The monoisotopic (exact) mass is 294 g/mol. The third-order valence-electron chi connectivity index (χ3n) is 2.91. The Labute approximate surface area is 119 Å². The average Bonchev–Trinajstić information content (AvgIpc) is 3.00. The van der Waals surface area contributed by atoms with Gasteiger partial charge in [-0.1, -0.05) is 6.92 Å². The minimum Gasteiger partial charge on any atom is -0.475 e. The number of anilines is 1. The summed E-state index contributed by atoms with van der Waals surface area (Å²) in [7, 11) is 1.60. The van der Waals surface area contributed by atoms with Gasteiger partial charge in [0.25, 0.3) is 0 Å². The van der Waals surface area contributed by atoms with Crippen LogP contribution in [-0.4, -0.2) is 25.8 Å². The molecular weight excluding hydrogens is 280 g/mol. The summed E-state index contributed by atoms with van der Waals surface area (Å²) in [5, 5.41) is 26.8. The van der Waals surface area contributed by atoms with Crippen LogP contribution in [0, 0.1) is 10.1 Å². The van der Waals surface area contributed by atoms with E-state index in [1.54, 1.807) is 14.0 Å².